The van der Waals surface area contributed by atoms with Crippen LogP contribution in [0.25, 0.3) is 0 Å². The van der Waals surface area contributed by atoms with E-state index >= 15 is 0 Å². The average Bonchev–Trinajstić information content (AvgIpc) is 2.22. The van der Waals surface area contributed by atoms with Crippen molar-refractivity contribution in [1.29, 1.82) is 0 Å². The van der Waals surface area contributed by atoms with E-state index in [4.69, 9.17) is 4.11 Å². The highest BCUT2D eigenvalue weighted by Gasteiger charge is 2.22. The van der Waals surface area contributed by atoms with Gasteiger partial charge in [-0.2, -0.15) is 0 Å². The molecule has 0 N–H and O–H groups in total. The molecule has 1 aromatic carbocycles. The van der Waals surface area contributed by atoms with E-state index in [9.17, 15) is 10.0 Å². The molecule has 0 aliphatic heterocycles. The maximum atomic E-state index is 12.0. The van der Waals surface area contributed by atoms with E-state index in [1.807, 2.05) is 0 Å². The van der Waals surface area contributed by atoms with E-state index in [1.165, 1.54) is 0 Å². The third kappa shape index (κ3) is 2.33. The van der Waals surface area contributed by atoms with Gasteiger partial charge in [0, 0.05) is 0 Å². The molecule has 3 nitrogen and oxygen atoms in total. The van der Waals surface area contributed by atoms with Crippen molar-refractivity contribution in [3.8, 4) is 0 Å². The van der Waals surface area contributed by atoms with Gasteiger partial charge in [-0.15, -0.1) is 0 Å². The van der Waals surface area contributed by atoms with E-state index in [0.29, 0.717) is 5.06 Å². The number of hydroxylamine groups is 1. The van der Waals surface area contributed by atoms with Crippen LogP contribution in [0.2, 0.25) is 0 Å². The van der Waals surface area contributed by atoms with Gasteiger partial charge in [0.2, 0.25) is 5.43 Å². The molecule has 0 bridgehead atoms. The molecular weight excluding hydrogens is 178 g/mol. The van der Waals surface area contributed by atoms with Crippen LogP contribution in [-0.2, 0) is 5.21 Å². The van der Waals surface area contributed by atoms with E-state index in [0.717, 1.165) is 12.1 Å². The van der Waals surface area contributed by atoms with Gasteiger partial charge in [0.25, 0.3) is 0 Å². The number of hydrogen-bond acceptors (Lipinski definition) is 2. The average molecular weight is 195 g/mol. The Morgan fingerprint density at radius 3 is 2.43 bits per heavy atom. The van der Waals surface area contributed by atoms with Gasteiger partial charge in [-0.25, -0.2) is 5.06 Å². The minimum Gasteiger partial charge on any atom is -0.288 e. The summed E-state index contributed by atoms with van der Waals surface area (Å²) < 4.78 is 22.5. The first-order valence-corrected chi connectivity index (χ1v) is 4.24. The minimum absolute atomic E-state index is 0.134. The van der Waals surface area contributed by atoms with Crippen LogP contribution in [0.5, 0.6) is 0 Å². The highest BCUT2D eigenvalue weighted by Crippen LogP contribution is 2.17. The van der Waals surface area contributed by atoms with Crippen molar-refractivity contribution in [3.05, 3.63) is 40.5 Å². The van der Waals surface area contributed by atoms with Gasteiger partial charge in [-0.1, -0.05) is 23.4 Å². The Hall–Kier alpha value is -1.35. The zero-order chi connectivity index (χ0) is 13.4. The molecule has 0 aliphatic rings. The lowest BCUT2D eigenvalue weighted by molar-refractivity contribution is 0.101. The molecule has 75 valence electrons. The maximum Gasteiger partial charge on any atom is 0.204 e. The first-order valence-electron chi connectivity index (χ1n) is 5.74. The second-order valence-corrected chi connectivity index (χ2v) is 3.89. The quantitative estimate of drug-likeness (QED) is 0.643. The van der Waals surface area contributed by atoms with Gasteiger partial charge in [0.1, 0.15) is 5.69 Å². The minimum atomic E-state index is -0.877. The lowest BCUT2D eigenvalue weighted by atomic mass is 10.1. The monoisotopic (exact) mass is 195 g/mol. The summed E-state index contributed by atoms with van der Waals surface area (Å²) in [6.07, 6.45) is 0. The van der Waals surface area contributed by atoms with E-state index in [2.05, 4.69) is 0 Å². The molecule has 0 heterocycles. The number of rotatable bonds is 1. The summed E-state index contributed by atoms with van der Waals surface area (Å²) in [6.45, 7) is 4.82. The van der Waals surface area contributed by atoms with Crippen LogP contribution in [0.15, 0.2) is 35.1 Å². The van der Waals surface area contributed by atoms with Gasteiger partial charge >= 0.3 is 0 Å². The molecule has 0 fully saturated rings. The Kier molecular flexibility index (Phi) is 1.90. The molecule has 0 atom stereocenters. The van der Waals surface area contributed by atoms with Crippen molar-refractivity contribution < 1.29 is 9.32 Å². The van der Waals surface area contributed by atoms with Gasteiger partial charge in [0.05, 0.1) is 9.65 Å². The summed E-state index contributed by atoms with van der Waals surface area (Å²) in [4.78, 5) is 11.8. The predicted octanol–water partition coefficient (Wildman–Crippen LogP) is 2.00. The van der Waals surface area contributed by atoms with Crippen LogP contribution in [-0.4, -0.2) is 5.54 Å². The highest BCUT2D eigenvalue weighted by atomic mass is 16.5. The van der Waals surface area contributed by atoms with Gasteiger partial charge < -0.3 is 0 Å². The number of anilines is 1. The zero-order valence-corrected chi connectivity index (χ0v) is 8.42. The summed E-state index contributed by atoms with van der Waals surface area (Å²) in [6, 6.07) is 1.20. The first kappa shape index (κ1) is 7.01. The summed E-state index contributed by atoms with van der Waals surface area (Å²) >= 11 is 0. The fourth-order valence-electron chi connectivity index (χ4n) is 0.879. The van der Waals surface area contributed by atoms with Gasteiger partial charge in [0.15, 0.2) is 0 Å². The van der Waals surface area contributed by atoms with E-state index < -0.39 is 17.0 Å². The summed E-state index contributed by atoms with van der Waals surface area (Å²) in [5.41, 5.74) is -2.09. The number of nitrogens with zero attached hydrogens (tertiary/aromatic N) is 1. The second kappa shape index (κ2) is 3.80. The van der Waals surface area contributed by atoms with Crippen LogP contribution in [0.4, 0.5) is 5.69 Å². The van der Waals surface area contributed by atoms with Crippen molar-refractivity contribution in [3.63, 3.8) is 0 Å². The first-order chi connectivity index (χ1) is 7.64. The molecule has 0 aliphatic carbocycles. The molecule has 3 heteroatoms. The van der Waals surface area contributed by atoms with Crippen molar-refractivity contribution in [2.75, 3.05) is 5.06 Å². The molecular formula is C11H14NO2. The Morgan fingerprint density at radius 2 is 1.86 bits per heavy atom. The molecule has 1 rings (SSSR count). The van der Waals surface area contributed by atoms with Crippen LogP contribution < -0.4 is 10.5 Å². The zero-order valence-electron chi connectivity index (χ0n) is 11.4. The van der Waals surface area contributed by atoms with E-state index in [-0.39, 0.29) is 17.8 Å². The molecule has 0 saturated heterocycles. The summed E-state index contributed by atoms with van der Waals surface area (Å²) in [7, 11) is 0. The fraction of sp³-hybridized carbons (Fsp3) is 0.364. The molecule has 1 radical (unpaired) electrons. The Morgan fingerprint density at radius 1 is 1.29 bits per heavy atom. The van der Waals surface area contributed by atoms with Crippen LogP contribution >= 0.6 is 0 Å². The lowest BCUT2D eigenvalue weighted by Gasteiger charge is -2.27. The maximum absolute atomic E-state index is 12.0. The topological polar surface area (TPSA) is 40.2 Å². The number of hydrogen-bond donors (Lipinski definition) is 0. The van der Waals surface area contributed by atoms with E-state index in [1.54, 1.807) is 20.8 Å². The highest BCUT2D eigenvalue weighted by molar-refractivity contribution is 5.44. The third-order valence-electron chi connectivity index (χ3n) is 1.61. The smallest absolute Gasteiger partial charge is 0.204 e. The predicted molar refractivity (Wildman–Crippen MR) is 55.6 cm³/mol. The molecule has 14 heavy (non-hydrogen) atoms. The Bertz CT molecular complexity index is 497. The Labute approximate surface area is 87.8 Å². The van der Waals surface area contributed by atoms with Crippen molar-refractivity contribution >= 4 is 5.69 Å². The Balaban J connectivity index is 3.61. The molecule has 0 spiro atoms. The molecule has 0 unspecified atom stereocenters. The fourth-order valence-corrected chi connectivity index (χ4v) is 0.879. The normalized spacial score (nSPS) is 14.1. The molecule has 0 amide bonds. The van der Waals surface area contributed by atoms with Gasteiger partial charge in [-0.05, 0) is 32.9 Å². The molecule has 0 aromatic heterocycles. The van der Waals surface area contributed by atoms with Crippen LogP contribution in [0, 0.1) is 0 Å². The third-order valence-corrected chi connectivity index (χ3v) is 1.61. The van der Waals surface area contributed by atoms with Crippen LogP contribution in [0.1, 0.15) is 24.9 Å². The summed E-state index contributed by atoms with van der Waals surface area (Å²) in [5.74, 6) is 0. The van der Waals surface area contributed by atoms with Crippen molar-refractivity contribution in [2.45, 2.75) is 26.3 Å². The van der Waals surface area contributed by atoms with Crippen molar-refractivity contribution in [2.24, 2.45) is 0 Å². The second-order valence-electron chi connectivity index (χ2n) is 3.89. The molecule has 1 aromatic rings. The SMILES string of the molecule is [2H]c1cc([2H])c(N([O])C(C)(C)C)c(=O)c([2H])c1. The van der Waals surface area contributed by atoms with Gasteiger partial charge in [-0.3, -0.25) is 4.79 Å². The van der Waals surface area contributed by atoms with Crippen molar-refractivity contribution in [1.82, 2.24) is 0 Å². The standard InChI is InChI=1S/C11H14NO2/c1-11(2,3)12(14)9-7-5-4-6-8-10(9)13/h4-8H,1-3H3/i4D,7D,8D. The lowest BCUT2D eigenvalue weighted by Crippen LogP contribution is -2.39. The van der Waals surface area contributed by atoms with Crippen LogP contribution in [0.3, 0.4) is 0 Å². The summed E-state index contributed by atoms with van der Waals surface area (Å²) in [5, 5.41) is 12.4. The molecule has 0 saturated carbocycles. The largest absolute Gasteiger partial charge is 0.288 e.